The van der Waals surface area contributed by atoms with Crippen molar-refractivity contribution in [3.63, 3.8) is 0 Å². The Morgan fingerprint density at radius 1 is 1.43 bits per heavy atom. The van der Waals surface area contributed by atoms with Crippen LogP contribution < -0.4 is 5.32 Å². The van der Waals surface area contributed by atoms with Gasteiger partial charge in [0.1, 0.15) is 6.61 Å². The molecule has 1 aromatic carbocycles. The molecular weight excluding hydrogens is 270 g/mol. The Morgan fingerprint density at radius 2 is 2.29 bits per heavy atom. The molecule has 1 unspecified atom stereocenters. The molecule has 1 atom stereocenters. The van der Waals surface area contributed by atoms with Gasteiger partial charge in [-0.2, -0.15) is 4.98 Å². The number of rotatable bonds is 6. The highest BCUT2D eigenvalue weighted by Crippen LogP contribution is 2.36. The normalized spacial score (nSPS) is 20.7. The number of hydrogen-bond acceptors (Lipinski definition) is 6. The second-order valence-electron chi connectivity index (χ2n) is 5.29. The molecule has 2 N–H and O–H groups in total. The molecule has 0 spiro atoms. The van der Waals surface area contributed by atoms with Crippen LogP contribution in [0.25, 0.3) is 0 Å². The first-order valence-electron chi connectivity index (χ1n) is 7.02. The molecule has 112 valence electrons. The monoisotopic (exact) mass is 289 g/mol. The molecule has 0 radical (unpaired) electrons. The van der Waals surface area contributed by atoms with Crippen LogP contribution in [0.5, 0.6) is 0 Å². The lowest BCUT2D eigenvalue weighted by Crippen LogP contribution is -2.43. The molecule has 1 aliphatic carbocycles. The predicted octanol–water partition coefficient (Wildman–Crippen LogP) is 1.14. The van der Waals surface area contributed by atoms with Crippen LogP contribution in [0.2, 0.25) is 0 Å². The van der Waals surface area contributed by atoms with Crippen molar-refractivity contribution in [3.8, 4) is 0 Å². The summed E-state index contributed by atoms with van der Waals surface area (Å²) < 4.78 is 10.0. The minimum absolute atomic E-state index is 0.0484. The van der Waals surface area contributed by atoms with Gasteiger partial charge in [0.25, 0.3) is 5.89 Å². The van der Waals surface area contributed by atoms with Gasteiger partial charge in [0.2, 0.25) is 0 Å². The Hall–Kier alpha value is -1.76. The highest BCUT2D eigenvalue weighted by molar-refractivity contribution is 5.38. The van der Waals surface area contributed by atoms with Gasteiger partial charge in [-0.25, -0.2) is 0 Å². The number of aliphatic hydroxyl groups is 1. The molecule has 0 saturated carbocycles. The molecule has 2 aromatic rings. The van der Waals surface area contributed by atoms with Crippen LogP contribution in [0.4, 0.5) is 0 Å². The fraction of sp³-hybridized carbons (Fsp3) is 0.467. The SMILES string of the molecule is COCc1nc(CNC2(CO)CCc3ccccc32)no1. The minimum atomic E-state index is -0.418. The maximum Gasteiger partial charge on any atom is 0.252 e. The van der Waals surface area contributed by atoms with E-state index in [4.69, 9.17) is 9.26 Å². The fourth-order valence-corrected chi connectivity index (χ4v) is 2.88. The quantitative estimate of drug-likeness (QED) is 0.830. The molecule has 21 heavy (non-hydrogen) atoms. The van der Waals surface area contributed by atoms with E-state index in [1.807, 2.05) is 12.1 Å². The lowest BCUT2D eigenvalue weighted by molar-refractivity contribution is 0.151. The van der Waals surface area contributed by atoms with Crippen molar-refractivity contribution in [2.75, 3.05) is 13.7 Å². The van der Waals surface area contributed by atoms with Crippen LogP contribution in [-0.2, 0) is 29.8 Å². The van der Waals surface area contributed by atoms with Crippen LogP contribution in [0, 0.1) is 0 Å². The van der Waals surface area contributed by atoms with Crippen molar-refractivity contribution >= 4 is 0 Å². The molecule has 0 bridgehead atoms. The minimum Gasteiger partial charge on any atom is -0.394 e. The first kappa shape index (κ1) is 14.2. The molecular formula is C15H19N3O3. The van der Waals surface area contributed by atoms with Crippen LogP contribution in [0.15, 0.2) is 28.8 Å². The summed E-state index contributed by atoms with van der Waals surface area (Å²) in [6.45, 7) is 0.801. The van der Waals surface area contributed by atoms with Gasteiger partial charge in [0.15, 0.2) is 5.82 Å². The molecule has 6 heteroatoms. The third-order valence-electron chi connectivity index (χ3n) is 3.99. The summed E-state index contributed by atoms with van der Waals surface area (Å²) in [5, 5.41) is 17.2. The molecule has 1 aliphatic rings. The van der Waals surface area contributed by atoms with Crippen molar-refractivity contribution in [3.05, 3.63) is 47.1 Å². The second-order valence-corrected chi connectivity index (χ2v) is 5.29. The van der Waals surface area contributed by atoms with Gasteiger partial charge in [-0.15, -0.1) is 0 Å². The molecule has 0 amide bonds. The maximum atomic E-state index is 9.88. The van der Waals surface area contributed by atoms with Gasteiger partial charge in [-0.1, -0.05) is 29.4 Å². The number of methoxy groups -OCH3 is 1. The van der Waals surface area contributed by atoms with Crippen molar-refractivity contribution < 1.29 is 14.4 Å². The summed E-state index contributed by atoms with van der Waals surface area (Å²) >= 11 is 0. The van der Waals surface area contributed by atoms with Gasteiger partial charge in [0.05, 0.1) is 18.7 Å². The van der Waals surface area contributed by atoms with Gasteiger partial charge in [-0.3, -0.25) is 5.32 Å². The van der Waals surface area contributed by atoms with E-state index in [2.05, 4.69) is 27.6 Å². The third kappa shape index (κ3) is 2.70. The van der Waals surface area contributed by atoms with Crippen molar-refractivity contribution in [2.45, 2.75) is 31.5 Å². The van der Waals surface area contributed by atoms with Gasteiger partial charge in [-0.05, 0) is 24.0 Å². The van der Waals surface area contributed by atoms with Crippen LogP contribution in [0.3, 0.4) is 0 Å². The predicted molar refractivity (Wildman–Crippen MR) is 75.4 cm³/mol. The highest BCUT2D eigenvalue weighted by Gasteiger charge is 2.37. The summed E-state index contributed by atoms with van der Waals surface area (Å²) in [5.74, 6) is 1.03. The number of fused-ring (bicyclic) bond motifs is 1. The Kier molecular flexibility index (Phi) is 4.01. The molecule has 0 saturated heterocycles. The summed E-state index contributed by atoms with van der Waals surface area (Å²) in [6.07, 6.45) is 1.83. The average Bonchev–Trinajstić information content (AvgIpc) is 3.11. The number of benzene rings is 1. The largest absolute Gasteiger partial charge is 0.394 e. The summed E-state index contributed by atoms with van der Waals surface area (Å²) in [4.78, 5) is 4.24. The Morgan fingerprint density at radius 3 is 3.10 bits per heavy atom. The zero-order chi connectivity index (χ0) is 14.7. The van der Waals surface area contributed by atoms with Crippen LogP contribution in [0.1, 0.15) is 29.3 Å². The topological polar surface area (TPSA) is 80.4 Å². The molecule has 1 aromatic heterocycles. The number of aryl methyl sites for hydroxylation is 1. The zero-order valence-electron chi connectivity index (χ0n) is 12.0. The smallest absolute Gasteiger partial charge is 0.252 e. The van der Waals surface area contributed by atoms with E-state index < -0.39 is 5.54 Å². The van der Waals surface area contributed by atoms with Gasteiger partial charge in [0, 0.05) is 7.11 Å². The van der Waals surface area contributed by atoms with Gasteiger partial charge < -0.3 is 14.4 Å². The van der Waals surface area contributed by atoms with E-state index in [0.717, 1.165) is 18.4 Å². The number of ether oxygens (including phenoxy) is 1. The number of aromatic nitrogens is 2. The van der Waals surface area contributed by atoms with E-state index in [1.54, 1.807) is 7.11 Å². The van der Waals surface area contributed by atoms with E-state index in [1.165, 1.54) is 5.56 Å². The zero-order valence-corrected chi connectivity index (χ0v) is 12.0. The van der Waals surface area contributed by atoms with E-state index in [0.29, 0.717) is 24.9 Å². The maximum absolute atomic E-state index is 9.88. The lowest BCUT2D eigenvalue weighted by atomic mass is 9.92. The summed E-state index contributed by atoms with van der Waals surface area (Å²) in [6, 6.07) is 8.21. The third-order valence-corrected chi connectivity index (χ3v) is 3.99. The second kappa shape index (κ2) is 5.93. The van der Waals surface area contributed by atoms with Crippen molar-refractivity contribution in [1.29, 1.82) is 0 Å². The Labute approximate surface area is 123 Å². The fourth-order valence-electron chi connectivity index (χ4n) is 2.88. The first-order chi connectivity index (χ1) is 10.3. The van der Waals surface area contributed by atoms with Gasteiger partial charge >= 0.3 is 0 Å². The Balaban J connectivity index is 1.73. The molecule has 0 fully saturated rings. The van der Waals surface area contributed by atoms with Crippen molar-refractivity contribution in [1.82, 2.24) is 15.5 Å². The number of aliphatic hydroxyl groups excluding tert-OH is 1. The number of hydrogen-bond donors (Lipinski definition) is 2. The van der Waals surface area contributed by atoms with E-state index in [-0.39, 0.29) is 6.61 Å². The summed E-state index contributed by atoms with van der Waals surface area (Å²) in [5.41, 5.74) is 2.03. The van der Waals surface area contributed by atoms with E-state index >= 15 is 0 Å². The highest BCUT2D eigenvalue weighted by atomic mass is 16.5. The lowest BCUT2D eigenvalue weighted by Gasteiger charge is -2.29. The molecule has 6 nitrogen and oxygen atoms in total. The number of nitrogens with zero attached hydrogens (tertiary/aromatic N) is 2. The van der Waals surface area contributed by atoms with E-state index in [9.17, 15) is 5.11 Å². The molecule has 1 heterocycles. The molecule has 0 aliphatic heterocycles. The number of nitrogens with one attached hydrogen (secondary N) is 1. The standard InChI is InChI=1S/C15H19N3O3/c1-20-9-14-17-13(18-21-14)8-16-15(10-19)7-6-11-4-2-3-5-12(11)15/h2-5,16,19H,6-10H2,1H3. The summed E-state index contributed by atoms with van der Waals surface area (Å²) in [7, 11) is 1.58. The van der Waals surface area contributed by atoms with Crippen LogP contribution in [-0.4, -0.2) is 29.0 Å². The van der Waals surface area contributed by atoms with Crippen molar-refractivity contribution in [2.24, 2.45) is 0 Å². The average molecular weight is 289 g/mol. The molecule has 3 rings (SSSR count). The first-order valence-corrected chi connectivity index (χ1v) is 7.02. The Bertz CT molecular complexity index is 614. The van der Waals surface area contributed by atoms with Crippen LogP contribution >= 0.6 is 0 Å².